The van der Waals surface area contributed by atoms with Crippen molar-refractivity contribution < 1.29 is 19.1 Å². The molecule has 2 aromatic heterocycles. The number of carbonyl (C=O) groups excluding carboxylic acids is 1. The lowest BCUT2D eigenvalue weighted by atomic mass is 9.98. The van der Waals surface area contributed by atoms with Gasteiger partial charge in [0.15, 0.2) is 6.29 Å². The zero-order chi connectivity index (χ0) is 18.1. The number of benzene rings is 1. The van der Waals surface area contributed by atoms with Crippen LogP contribution in [0.3, 0.4) is 0 Å². The predicted molar refractivity (Wildman–Crippen MR) is 93.4 cm³/mol. The first-order valence-corrected chi connectivity index (χ1v) is 8.23. The molecule has 0 amide bonds. The Labute approximate surface area is 145 Å². The van der Waals surface area contributed by atoms with Gasteiger partial charge in [-0.15, -0.1) is 0 Å². The molecule has 3 rings (SSSR count). The van der Waals surface area contributed by atoms with Crippen LogP contribution < -0.4 is 0 Å². The fraction of sp³-hybridized carbons (Fsp3) is 0.316. The van der Waals surface area contributed by atoms with Gasteiger partial charge in [0.05, 0.1) is 23.8 Å². The standard InChI is InChI=1S/C19H20N2O4/c1-4-12-7-13(19(23)24)8-15-17(12)14(10-22)18(11(2)3)21(15)9-16-20-5-6-25-16/h5-8,10-11H,4,9H2,1-3H3,(H,23,24). The summed E-state index contributed by atoms with van der Waals surface area (Å²) in [4.78, 5) is 27.6. The summed E-state index contributed by atoms with van der Waals surface area (Å²) < 4.78 is 7.31. The zero-order valence-electron chi connectivity index (χ0n) is 14.4. The number of aromatic nitrogens is 2. The molecule has 0 aliphatic heterocycles. The topological polar surface area (TPSA) is 85.3 Å². The van der Waals surface area contributed by atoms with Crippen molar-refractivity contribution >= 4 is 23.2 Å². The molecule has 130 valence electrons. The minimum atomic E-state index is -0.987. The molecule has 0 atom stereocenters. The van der Waals surface area contributed by atoms with E-state index in [2.05, 4.69) is 4.98 Å². The van der Waals surface area contributed by atoms with Crippen molar-refractivity contribution in [2.24, 2.45) is 0 Å². The number of nitrogens with zero attached hydrogens (tertiary/aromatic N) is 2. The number of aryl methyl sites for hydroxylation is 1. The van der Waals surface area contributed by atoms with Gasteiger partial charge < -0.3 is 14.1 Å². The summed E-state index contributed by atoms with van der Waals surface area (Å²) in [5.41, 5.74) is 3.26. The molecule has 0 bridgehead atoms. The summed E-state index contributed by atoms with van der Waals surface area (Å²) in [6.07, 6.45) is 4.57. The average Bonchev–Trinajstić information content (AvgIpc) is 3.20. The molecule has 1 N–H and O–H groups in total. The van der Waals surface area contributed by atoms with Gasteiger partial charge in [0, 0.05) is 16.6 Å². The summed E-state index contributed by atoms with van der Waals surface area (Å²) in [7, 11) is 0. The number of hydrogen-bond acceptors (Lipinski definition) is 4. The molecule has 0 saturated heterocycles. The molecule has 25 heavy (non-hydrogen) atoms. The molecule has 6 nitrogen and oxygen atoms in total. The van der Waals surface area contributed by atoms with Gasteiger partial charge in [-0.2, -0.15) is 0 Å². The number of hydrogen-bond donors (Lipinski definition) is 1. The van der Waals surface area contributed by atoms with E-state index in [1.54, 1.807) is 18.3 Å². The number of oxazole rings is 1. The summed E-state index contributed by atoms with van der Waals surface area (Å²) >= 11 is 0. The van der Waals surface area contributed by atoms with E-state index >= 15 is 0 Å². The monoisotopic (exact) mass is 340 g/mol. The SMILES string of the molecule is CCc1cc(C(=O)O)cc2c1c(C=O)c(C(C)C)n2Cc1ncco1. The second-order valence-electron chi connectivity index (χ2n) is 6.27. The largest absolute Gasteiger partial charge is 0.478 e. The van der Waals surface area contributed by atoms with Crippen LogP contribution in [0.25, 0.3) is 10.9 Å². The number of aldehydes is 1. The van der Waals surface area contributed by atoms with Gasteiger partial charge in [-0.1, -0.05) is 20.8 Å². The van der Waals surface area contributed by atoms with Crippen molar-refractivity contribution in [1.82, 2.24) is 9.55 Å². The second-order valence-corrected chi connectivity index (χ2v) is 6.27. The summed E-state index contributed by atoms with van der Waals surface area (Å²) in [6.45, 7) is 6.32. The van der Waals surface area contributed by atoms with E-state index in [4.69, 9.17) is 4.42 Å². The van der Waals surface area contributed by atoms with Gasteiger partial charge in [0.2, 0.25) is 5.89 Å². The van der Waals surface area contributed by atoms with Gasteiger partial charge in [-0.05, 0) is 30.0 Å². The van der Waals surface area contributed by atoms with Crippen molar-refractivity contribution in [2.45, 2.75) is 39.7 Å². The Hall–Kier alpha value is -2.89. The third-order valence-electron chi connectivity index (χ3n) is 4.40. The Kier molecular flexibility index (Phi) is 4.44. The van der Waals surface area contributed by atoms with Crippen LogP contribution in [-0.2, 0) is 13.0 Å². The Morgan fingerprint density at radius 3 is 2.68 bits per heavy atom. The molecule has 0 saturated carbocycles. The maximum absolute atomic E-state index is 11.9. The maximum Gasteiger partial charge on any atom is 0.335 e. The Morgan fingerprint density at radius 1 is 1.40 bits per heavy atom. The lowest BCUT2D eigenvalue weighted by Gasteiger charge is -2.12. The molecule has 2 heterocycles. The summed E-state index contributed by atoms with van der Waals surface area (Å²) in [5.74, 6) is -0.394. The molecule has 0 aliphatic carbocycles. The van der Waals surface area contributed by atoms with Gasteiger partial charge in [-0.3, -0.25) is 4.79 Å². The normalized spacial score (nSPS) is 11.4. The molecule has 0 aliphatic rings. The van der Waals surface area contributed by atoms with Crippen molar-refractivity contribution in [2.75, 3.05) is 0 Å². The maximum atomic E-state index is 11.9. The highest BCUT2D eigenvalue weighted by Gasteiger charge is 2.23. The van der Waals surface area contributed by atoms with Crippen LogP contribution in [-0.4, -0.2) is 26.9 Å². The fourth-order valence-electron chi connectivity index (χ4n) is 3.39. The highest BCUT2D eigenvalue weighted by molar-refractivity contribution is 6.04. The average molecular weight is 340 g/mol. The summed E-state index contributed by atoms with van der Waals surface area (Å²) in [5, 5.41) is 10.3. The van der Waals surface area contributed by atoms with Crippen LogP contribution in [0.15, 0.2) is 29.0 Å². The van der Waals surface area contributed by atoms with Crippen LogP contribution in [0.1, 0.15) is 64.6 Å². The number of rotatable bonds is 6. The third-order valence-corrected chi connectivity index (χ3v) is 4.40. The van der Waals surface area contributed by atoms with Gasteiger partial charge in [0.1, 0.15) is 6.26 Å². The molecule has 6 heteroatoms. The number of carbonyl (C=O) groups is 2. The first-order chi connectivity index (χ1) is 12.0. The first-order valence-electron chi connectivity index (χ1n) is 8.23. The van der Waals surface area contributed by atoms with E-state index in [0.29, 0.717) is 24.4 Å². The molecular formula is C19H20N2O4. The van der Waals surface area contributed by atoms with E-state index in [9.17, 15) is 14.7 Å². The highest BCUT2D eigenvalue weighted by Crippen LogP contribution is 2.34. The van der Waals surface area contributed by atoms with E-state index < -0.39 is 5.97 Å². The Balaban J connectivity index is 2.40. The van der Waals surface area contributed by atoms with Crippen LogP contribution in [0, 0.1) is 0 Å². The first kappa shape index (κ1) is 17.0. The quantitative estimate of drug-likeness (QED) is 0.688. The molecule has 0 unspecified atom stereocenters. The molecule has 1 aromatic carbocycles. The van der Waals surface area contributed by atoms with Crippen molar-refractivity contribution in [3.05, 3.63) is 52.9 Å². The van der Waals surface area contributed by atoms with E-state index in [-0.39, 0.29) is 11.5 Å². The summed E-state index contributed by atoms with van der Waals surface area (Å²) in [6, 6.07) is 3.27. The van der Waals surface area contributed by atoms with Crippen LogP contribution in [0.5, 0.6) is 0 Å². The minimum absolute atomic E-state index is 0.0838. The molecule has 3 aromatic rings. The van der Waals surface area contributed by atoms with Crippen molar-refractivity contribution in [3.63, 3.8) is 0 Å². The van der Waals surface area contributed by atoms with E-state index in [0.717, 1.165) is 28.4 Å². The van der Waals surface area contributed by atoms with Crippen molar-refractivity contribution in [1.29, 1.82) is 0 Å². The predicted octanol–water partition coefficient (Wildman–Crippen LogP) is 3.87. The van der Waals surface area contributed by atoms with Crippen molar-refractivity contribution in [3.8, 4) is 0 Å². The third kappa shape index (κ3) is 2.84. The lowest BCUT2D eigenvalue weighted by molar-refractivity contribution is 0.0696. The highest BCUT2D eigenvalue weighted by atomic mass is 16.4. The lowest BCUT2D eigenvalue weighted by Crippen LogP contribution is -2.08. The number of carboxylic acid groups (broad SMARTS) is 1. The van der Waals surface area contributed by atoms with E-state index in [1.165, 1.54) is 6.26 Å². The van der Waals surface area contributed by atoms with Crippen LogP contribution in [0.4, 0.5) is 0 Å². The zero-order valence-corrected chi connectivity index (χ0v) is 14.4. The number of fused-ring (bicyclic) bond motifs is 1. The van der Waals surface area contributed by atoms with E-state index in [1.807, 2.05) is 25.3 Å². The Bertz CT molecular complexity index is 936. The van der Waals surface area contributed by atoms with Gasteiger partial charge in [0.25, 0.3) is 0 Å². The number of carboxylic acids is 1. The van der Waals surface area contributed by atoms with Gasteiger partial charge in [-0.25, -0.2) is 9.78 Å². The Morgan fingerprint density at radius 2 is 2.16 bits per heavy atom. The second kappa shape index (κ2) is 6.55. The smallest absolute Gasteiger partial charge is 0.335 e. The fourth-order valence-corrected chi connectivity index (χ4v) is 3.39. The number of aromatic carboxylic acids is 1. The molecule has 0 spiro atoms. The molecular weight excluding hydrogens is 320 g/mol. The minimum Gasteiger partial charge on any atom is -0.478 e. The van der Waals surface area contributed by atoms with Crippen LogP contribution >= 0.6 is 0 Å². The van der Waals surface area contributed by atoms with Gasteiger partial charge >= 0.3 is 5.97 Å². The molecule has 0 fully saturated rings. The molecule has 0 radical (unpaired) electrons. The van der Waals surface area contributed by atoms with Crippen LogP contribution in [0.2, 0.25) is 0 Å².